The van der Waals surface area contributed by atoms with Crippen LogP contribution in [0.3, 0.4) is 0 Å². The Morgan fingerprint density at radius 1 is 1.25 bits per heavy atom. The lowest BCUT2D eigenvalue weighted by atomic mass is 9.71. The second-order valence-corrected chi connectivity index (χ2v) is 6.33. The standard InChI is InChI=1S/C17H24N2O/c1-2-17(9-4-3-5-10-17)16(20)19-14-11-13-7-6-8-15(13)18-12-14/h11-12H,2-10H2,1H3,(H,19,20). The monoisotopic (exact) mass is 272 g/mol. The molecule has 0 bridgehead atoms. The van der Waals surface area contributed by atoms with E-state index in [1.54, 1.807) is 0 Å². The third kappa shape index (κ3) is 2.46. The van der Waals surface area contributed by atoms with Crippen molar-refractivity contribution in [1.82, 2.24) is 4.98 Å². The highest BCUT2D eigenvalue weighted by Crippen LogP contribution is 2.40. The summed E-state index contributed by atoms with van der Waals surface area (Å²) in [6, 6.07) is 2.12. The number of nitrogens with one attached hydrogen (secondary N) is 1. The molecule has 3 heteroatoms. The molecule has 1 amide bonds. The Balaban J connectivity index is 1.74. The molecule has 0 radical (unpaired) electrons. The number of carbonyl (C=O) groups excluding carboxylic acids is 1. The van der Waals surface area contributed by atoms with Gasteiger partial charge in [0.25, 0.3) is 0 Å². The molecule has 0 spiro atoms. The van der Waals surface area contributed by atoms with E-state index in [1.165, 1.54) is 36.9 Å². The Kier molecular flexibility index (Phi) is 3.77. The number of aryl methyl sites for hydroxylation is 2. The molecule has 0 aromatic carbocycles. The first kappa shape index (κ1) is 13.6. The fraction of sp³-hybridized carbons (Fsp3) is 0.647. The summed E-state index contributed by atoms with van der Waals surface area (Å²) >= 11 is 0. The minimum Gasteiger partial charge on any atom is -0.324 e. The van der Waals surface area contributed by atoms with Crippen molar-refractivity contribution in [1.29, 1.82) is 0 Å². The summed E-state index contributed by atoms with van der Waals surface area (Å²) in [5.74, 6) is 0.208. The lowest BCUT2D eigenvalue weighted by Crippen LogP contribution is -2.37. The van der Waals surface area contributed by atoms with Gasteiger partial charge in [-0.15, -0.1) is 0 Å². The molecule has 0 saturated heterocycles. The number of nitrogens with zero attached hydrogens (tertiary/aromatic N) is 1. The predicted octanol–water partition coefficient (Wildman–Crippen LogP) is 3.87. The van der Waals surface area contributed by atoms with E-state index in [1.807, 2.05) is 6.20 Å². The quantitative estimate of drug-likeness (QED) is 0.907. The van der Waals surface area contributed by atoms with Crippen LogP contribution in [-0.2, 0) is 17.6 Å². The maximum absolute atomic E-state index is 12.7. The summed E-state index contributed by atoms with van der Waals surface area (Å²) in [7, 11) is 0. The van der Waals surface area contributed by atoms with E-state index in [2.05, 4.69) is 23.3 Å². The van der Waals surface area contributed by atoms with Crippen LogP contribution in [0, 0.1) is 5.41 Å². The van der Waals surface area contributed by atoms with Crippen molar-refractivity contribution in [2.45, 2.75) is 64.7 Å². The van der Waals surface area contributed by atoms with E-state index in [0.29, 0.717) is 0 Å². The Morgan fingerprint density at radius 3 is 2.80 bits per heavy atom. The lowest BCUT2D eigenvalue weighted by molar-refractivity contribution is -0.127. The average molecular weight is 272 g/mol. The van der Waals surface area contributed by atoms with E-state index in [9.17, 15) is 4.79 Å². The van der Waals surface area contributed by atoms with Gasteiger partial charge in [0.1, 0.15) is 0 Å². The van der Waals surface area contributed by atoms with Crippen LogP contribution in [0.15, 0.2) is 12.3 Å². The smallest absolute Gasteiger partial charge is 0.230 e. The molecule has 3 nitrogen and oxygen atoms in total. The number of fused-ring (bicyclic) bond motifs is 1. The van der Waals surface area contributed by atoms with Crippen LogP contribution in [0.4, 0.5) is 5.69 Å². The number of pyridine rings is 1. The van der Waals surface area contributed by atoms with Gasteiger partial charge in [0, 0.05) is 11.1 Å². The van der Waals surface area contributed by atoms with Crippen LogP contribution in [0.25, 0.3) is 0 Å². The highest BCUT2D eigenvalue weighted by atomic mass is 16.2. The molecule has 1 fully saturated rings. The minimum absolute atomic E-state index is 0.142. The summed E-state index contributed by atoms with van der Waals surface area (Å²) in [6.45, 7) is 2.14. The van der Waals surface area contributed by atoms with Gasteiger partial charge in [-0.1, -0.05) is 26.2 Å². The Morgan fingerprint density at radius 2 is 2.05 bits per heavy atom. The third-order valence-corrected chi connectivity index (χ3v) is 5.15. The van der Waals surface area contributed by atoms with Crippen molar-refractivity contribution in [2.75, 3.05) is 5.32 Å². The number of carbonyl (C=O) groups is 1. The first-order chi connectivity index (χ1) is 9.73. The normalized spacial score (nSPS) is 20.4. The SMILES string of the molecule is CCC1(C(=O)Nc2cnc3c(c2)CCC3)CCCCC1. The molecule has 0 aliphatic heterocycles. The molecule has 1 N–H and O–H groups in total. The van der Waals surface area contributed by atoms with Crippen LogP contribution in [-0.4, -0.2) is 10.9 Å². The number of amides is 1. The molecular weight excluding hydrogens is 248 g/mol. The molecule has 1 aromatic heterocycles. The molecule has 0 unspecified atom stereocenters. The topological polar surface area (TPSA) is 42.0 Å². The van der Waals surface area contributed by atoms with E-state index in [0.717, 1.165) is 37.8 Å². The van der Waals surface area contributed by atoms with Crippen molar-refractivity contribution in [3.63, 3.8) is 0 Å². The number of hydrogen-bond donors (Lipinski definition) is 1. The summed E-state index contributed by atoms with van der Waals surface area (Å²) in [4.78, 5) is 17.2. The van der Waals surface area contributed by atoms with Gasteiger partial charge in [-0.2, -0.15) is 0 Å². The first-order valence-corrected chi connectivity index (χ1v) is 8.03. The zero-order chi connectivity index (χ0) is 14.0. The van der Waals surface area contributed by atoms with Crippen LogP contribution >= 0.6 is 0 Å². The van der Waals surface area contributed by atoms with E-state index >= 15 is 0 Å². The van der Waals surface area contributed by atoms with Gasteiger partial charge in [-0.25, -0.2) is 0 Å². The van der Waals surface area contributed by atoms with E-state index in [4.69, 9.17) is 0 Å². The van der Waals surface area contributed by atoms with Gasteiger partial charge in [0.15, 0.2) is 0 Å². The third-order valence-electron chi connectivity index (χ3n) is 5.15. The minimum atomic E-state index is -0.142. The highest BCUT2D eigenvalue weighted by Gasteiger charge is 2.37. The van der Waals surface area contributed by atoms with Crippen molar-refractivity contribution in [2.24, 2.45) is 5.41 Å². The zero-order valence-corrected chi connectivity index (χ0v) is 12.4. The summed E-state index contributed by atoms with van der Waals surface area (Å²) in [6.07, 6.45) is 11.9. The molecular formula is C17H24N2O. The first-order valence-electron chi connectivity index (χ1n) is 8.03. The molecule has 0 atom stereocenters. The van der Waals surface area contributed by atoms with Gasteiger partial charge in [0.2, 0.25) is 5.91 Å². The number of aromatic nitrogens is 1. The van der Waals surface area contributed by atoms with E-state index < -0.39 is 0 Å². The van der Waals surface area contributed by atoms with Crippen molar-refractivity contribution < 1.29 is 4.79 Å². The Bertz CT molecular complexity index is 504. The summed E-state index contributed by atoms with van der Waals surface area (Å²) in [5, 5.41) is 3.13. The summed E-state index contributed by atoms with van der Waals surface area (Å²) in [5.41, 5.74) is 3.27. The Hall–Kier alpha value is -1.38. The molecule has 20 heavy (non-hydrogen) atoms. The van der Waals surface area contributed by atoms with Gasteiger partial charge in [-0.3, -0.25) is 9.78 Å². The average Bonchev–Trinajstić information content (AvgIpc) is 2.95. The van der Waals surface area contributed by atoms with Crippen molar-refractivity contribution in [3.05, 3.63) is 23.5 Å². The maximum Gasteiger partial charge on any atom is 0.230 e. The molecule has 2 aliphatic rings. The molecule has 108 valence electrons. The fourth-order valence-corrected chi connectivity index (χ4v) is 3.73. The second-order valence-electron chi connectivity index (χ2n) is 6.33. The molecule has 3 rings (SSSR count). The maximum atomic E-state index is 12.7. The van der Waals surface area contributed by atoms with Crippen molar-refractivity contribution in [3.8, 4) is 0 Å². The molecule has 1 heterocycles. The number of anilines is 1. The largest absolute Gasteiger partial charge is 0.324 e. The number of rotatable bonds is 3. The molecule has 1 saturated carbocycles. The zero-order valence-electron chi connectivity index (χ0n) is 12.4. The lowest BCUT2D eigenvalue weighted by Gasteiger charge is -2.34. The predicted molar refractivity (Wildman–Crippen MR) is 80.7 cm³/mol. The van der Waals surface area contributed by atoms with Gasteiger partial charge >= 0.3 is 0 Å². The summed E-state index contributed by atoms with van der Waals surface area (Å²) < 4.78 is 0. The van der Waals surface area contributed by atoms with Crippen LogP contribution in [0.2, 0.25) is 0 Å². The van der Waals surface area contributed by atoms with E-state index in [-0.39, 0.29) is 11.3 Å². The molecule has 1 aromatic rings. The van der Waals surface area contributed by atoms with Gasteiger partial charge in [-0.05, 0) is 50.2 Å². The highest BCUT2D eigenvalue weighted by molar-refractivity contribution is 5.95. The van der Waals surface area contributed by atoms with Crippen LogP contribution < -0.4 is 5.32 Å². The van der Waals surface area contributed by atoms with Gasteiger partial charge in [0.05, 0.1) is 11.9 Å². The second kappa shape index (κ2) is 5.55. The van der Waals surface area contributed by atoms with Crippen LogP contribution in [0.1, 0.15) is 63.1 Å². The molecule has 2 aliphatic carbocycles. The van der Waals surface area contributed by atoms with Gasteiger partial charge < -0.3 is 5.32 Å². The fourth-order valence-electron chi connectivity index (χ4n) is 3.73. The Labute approximate surface area is 121 Å². The van der Waals surface area contributed by atoms with Crippen LogP contribution in [0.5, 0.6) is 0 Å². The van der Waals surface area contributed by atoms with Crippen molar-refractivity contribution >= 4 is 11.6 Å². The number of hydrogen-bond acceptors (Lipinski definition) is 2.